The van der Waals surface area contributed by atoms with E-state index in [0.717, 1.165) is 16.8 Å². The fourth-order valence-electron chi connectivity index (χ4n) is 1.80. The van der Waals surface area contributed by atoms with Crippen LogP contribution in [0.3, 0.4) is 0 Å². The molecule has 4 heteroatoms. The van der Waals surface area contributed by atoms with Gasteiger partial charge in [0.05, 0.1) is 5.02 Å². The number of hydrogen-bond acceptors (Lipinski definition) is 1. The minimum Gasteiger partial charge on any atom is -0.378 e. The predicted octanol–water partition coefficient (Wildman–Crippen LogP) is 5.61. The van der Waals surface area contributed by atoms with Crippen molar-refractivity contribution in [1.82, 2.24) is 0 Å². The zero-order chi connectivity index (χ0) is 14.0. The van der Waals surface area contributed by atoms with Gasteiger partial charge in [-0.05, 0) is 49.2 Å². The molecule has 1 unspecified atom stereocenters. The first kappa shape index (κ1) is 14.2. The van der Waals surface area contributed by atoms with Crippen LogP contribution in [0, 0.1) is 12.7 Å². The molecular weight excluding hydrogens is 284 g/mol. The Labute approximate surface area is 122 Å². The van der Waals surface area contributed by atoms with Gasteiger partial charge in [0, 0.05) is 16.8 Å². The summed E-state index contributed by atoms with van der Waals surface area (Å²) >= 11 is 11.9. The first-order valence-corrected chi connectivity index (χ1v) is 6.70. The third-order valence-electron chi connectivity index (χ3n) is 3.00. The molecule has 0 radical (unpaired) electrons. The molecule has 0 amide bonds. The molecule has 1 nitrogen and oxygen atoms in total. The van der Waals surface area contributed by atoms with Gasteiger partial charge in [0.25, 0.3) is 0 Å². The number of nitrogens with one attached hydrogen (secondary N) is 1. The molecule has 2 aromatic carbocycles. The van der Waals surface area contributed by atoms with E-state index in [-0.39, 0.29) is 11.1 Å². The lowest BCUT2D eigenvalue weighted by Gasteiger charge is -2.16. The van der Waals surface area contributed by atoms with Gasteiger partial charge < -0.3 is 5.32 Å². The van der Waals surface area contributed by atoms with Gasteiger partial charge in [-0.25, -0.2) is 4.39 Å². The molecule has 1 N–H and O–H groups in total. The fourth-order valence-corrected chi connectivity index (χ4v) is 2.17. The van der Waals surface area contributed by atoms with Gasteiger partial charge in [-0.1, -0.05) is 35.3 Å². The highest BCUT2D eigenvalue weighted by Crippen LogP contribution is 2.26. The third kappa shape index (κ3) is 3.40. The van der Waals surface area contributed by atoms with Gasteiger partial charge >= 0.3 is 0 Å². The van der Waals surface area contributed by atoms with Crippen LogP contribution in [0.2, 0.25) is 10.0 Å². The summed E-state index contributed by atoms with van der Waals surface area (Å²) in [4.78, 5) is 0. The first-order valence-electron chi connectivity index (χ1n) is 5.95. The number of anilines is 1. The maximum absolute atomic E-state index is 13.1. The second-order valence-corrected chi connectivity index (χ2v) is 5.32. The third-order valence-corrected chi connectivity index (χ3v) is 3.70. The van der Waals surface area contributed by atoms with Crippen molar-refractivity contribution < 1.29 is 4.39 Å². The van der Waals surface area contributed by atoms with Crippen molar-refractivity contribution >= 4 is 28.9 Å². The number of benzene rings is 2. The molecule has 0 saturated carbocycles. The zero-order valence-electron chi connectivity index (χ0n) is 10.7. The van der Waals surface area contributed by atoms with Crippen molar-refractivity contribution in [1.29, 1.82) is 0 Å². The summed E-state index contributed by atoms with van der Waals surface area (Å²) < 4.78 is 13.1. The molecule has 0 aliphatic rings. The second kappa shape index (κ2) is 5.81. The molecule has 2 rings (SSSR count). The lowest BCUT2D eigenvalue weighted by molar-refractivity contribution is 0.627. The van der Waals surface area contributed by atoms with Crippen molar-refractivity contribution in [3.8, 4) is 0 Å². The van der Waals surface area contributed by atoms with Gasteiger partial charge in [-0.2, -0.15) is 0 Å². The van der Waals surface area contributed by atoms with E-state index in [9.17, 15) is 4.39 Å². The van der Waals surface area contributed by atoms with Crippen LogP contribution in [0.1, 0.15) is 24.1 Å². The minimum absolute atomic E-state index is 0.0110. The van der Waals surface area contributed by atoms with Crippen molar-refractivity contribution in [3.63, 3.8) is 0 Å². The summed E-state index contributed by atoms with van der Waals surface area (Å²) in [5.41, 5.74) is 2.87. The summed E-state index contributed by atoms with van der Waals surface area (Å²) in [6.45, 7) is 3.94. The van der Waals surface area contributed by atoms with Crippen molar-refractivity contribution in [2.45, 2.75) is 19.9 Å². The van der Waals surface area contributed by atoms with Crippen LogP contribution in [-0.2, 0) is 0 Å². The summed E-state index contributed by atoms with van der Waals surface area (Å²) in [7, 11) is 0. The van der Waals surface area contributed by atoms with E-state index in [4.69, 9.17) is 23.2 Å². The van der Waals surface area contributed by atoms with Crippen molar-refractivity contribution in [3.05, 3.63) is 63.4 Å². The number of aryl methyl sites for hydroxylation is 1. The van der Waals surface area contributed by atoms with Crippen LogP contribution in [0.5, 0.6) is 0 Å². The quantitative estimate of drug-likeness (QED) is 0.776. The Morgan fingerprint density at radius 1 is 1.05 bits per heavy atom. The fraction of sp³-hybridized carbons (Fsp3) is 0.200. The molecule has 0 fully saturated rings. The Morgan fingerprint density at radius 2 is 1.79 bits per heavy atom. The molecule has 19 heavy (non-hydrogen) atoms. The van der Waals surface area contributed by atoms with E-state index in [2.05, 4.69) is 5.32 Å². The van der Waals surface area contributed by atoms with Gasteiger partial charge in [-0.15, -0.1) is 0 Å². The van der Waals surface area contributed by atoms with E-state index < -0.39 is 5.82 Å². The highest BCUT2D eigenvalue weighted by molar-refractivity contribution is 6.31. The molecule has 0 heterocycles. The lowest BCUT2D eigenvalue weighted by atomic mass is 10.1. The van der Waals surface area contributed by atoms with E-state index >= 15 is 0 Å². The van der Waals surface area contributed by atoms with Gasteiger partial charge in [0.2, 0.25) is 0 Å². The molecule has 1 atom stereocenters. The number of rotatable bonds is 3. The summed E-state index contributed by atoms with van der Waals surface area (Å²) in [5.74, 6) is -0.406. The molecule has 0 spiro atoms. The summed E-state index contributed by atoms with van der Waals surface area (Å²) in [6.07, 6.45) is 0. The van der Waals surface area contributed by atoms with Gasteiger partial charge in [0.15, 0.2) is 0 Å². The molecule has 0 aliphatic heterocycles. The van der Waals surface area contributed by atoms with Crippen LogP contribution in [0.4, 0.5) is 10.1 Å². The average Bonchev–Trinajstić information content (AvgIpc) is 2.37. The molecule has 0 aliphatic carbocycles. The molecular formula is C15H14Cl2FN. The molecule has 100 valence electrons. The molecule has 0 bridgehead atoms. The smallest absolute Gasteiger partial charge is 0.141 e. The van der Waals surface area contributed by atoms with Gasteiger partial charge in [-0.3, -0.25) is 0 Å². The second-order valence-electron chi connectivity index (χ2n) is 4.50. The Kier molecular flexibility index (Phi) is 4.33. The normalized spacial score (nSPS) is 12.3. The first-order chi connectivity index (χ1) is 8.97. The van der Waals surface area contributed by atoms with E-state index in [1.165, 1.54) is 6.07 Å². The predicted molar refractivity (Wildman–Crippen MR) is 79.6 cm³/mol. The number of halogens is 3. The van der Waals surface area contributed by atoms with Crippen LogP contribution < -0.4 is 5.32 Å². The van der Waals surface area contributed by atoms with E-state index in [1.54, 1.807) is 12.1 Å². The number of hydrogen-bond donors (Lipinski definition) is 1. The van der Waals surface area contributed by atoms with Crippen molar-refractivity contribution in [2.75, 3.05) is 5.32 Å². The monoisotopic (exact) mass is 297 g/mol. The SMILES string of the molecule is Cc1ccc(NC(C)c2ccc(F)c(Cl)c2)cc1Cl. The Hall–Kier alpha value is -1.25. The Morgan fingerprint density at radius 3 is 2.42 bits per heavy atom. The highest BCUT2D eigenvalue weighted by atomic mass is 35.5. The zero-order valence-corrected chi connectivity index (χ0v) is 12.2. The Bertz CT molecular complexity index is 599. The molecule has 0 aromatic heterocycles. The van der Waals surface area contributed by atoms with E-state index in [1.807, 2.05) is 32.0 Å². The standard InChI is InChI=1S/C15H14Cl2FN/c1-9-3-5-12(8-13(9)16)19-10(2)11-4-6-15(18)14(17)7-11/h3-8,10,19H,1-2H3. The maximum atomic E-state index is 13.1. The summed E-state index contributed by atoms with van der Waals surface area (Å²) in [5, 5.41) is 4.16. The van der Waals surface area contributed by atoms with Crippen LogP contribution in [0.25, 0.3) is 0 Å². The topological polar surface area (TPSA) is 12.0 Å². The average molecular weight is 298 g/mol. The minimum atomic E-state index is -0.406. The largest absolute Gasteiger partial charge is 0.378 e. The van der Waals surface area contributed by atoms with Crippen LogP contribution in [-0.4, -0.2) is 0 Å². The van der Waals surface area contributed by atoms with E-state index in [0.29, 0.717) is 5.02 Å². The maximum Gasteiger partial charge on any atom is 0.141 e. The molecule has 0 saturated heterocycles. The molecule has 2 aromatic rings. The van der Waals surface area contributed by atoms with Crippen molar-refractivity contribution in [2.24, 2.45) is 0 Å². The summed E-state index contributed by atoms with van der Waals surface area (Å²) in [6, 6.07) is 10.5. The highest BCUT2D eigenvalue weighted by Gasteiger charge is 2.09. The lowest BCUT2D eigenvalue weighted by Crippen LogP contribution is -2.06. The van der Waals surface area contributed by atoms with Crippen LogP contribution in [0.15, 0.2) is 36.4 Å². The van der Waals surface area contributed by atoms with Crippen LogP contribution >= 0.6 is 23.2 Å². The van der Waals surface area contributed by atoms with Gasteiger partial charge in [0.1, 0.15) is 5.82 Å². The Balaban J connectivity index is 2.17.